The Morgan fingerprint density at radius 2 is 2.21 bits per heavy atom. The van der Waals surface area contributed by atoms with Crippen molar-refractivity contribution in [3.8, 4) is 0 Å². The number of piperidine rings is 1. The van der Waals surface area contributed by atoms with Crippen LogP contribution >= 0.6 is 15.9 Å². The molecule has 2 rings (SSSR count). The van der Waals surface area contributed by atoms with E-state index in [9.17, 15) is 4.79 Å². The molecule has 14 heavy (non-hydrogen) atoms. The molecule has 0 aromatic rings. The quantitative estimate of drug-likeness (QED) is 0.714. The minimum absolute atomic E-state index is 0.0814. The predicted molar refractivity (Wildman–Crippen MR) is 60.5 cm³/mol. The van der Waals surface area contributed by atoms with Gasteiger partial charge in [0.2, 0.25) is 5.91 Å². The van der Waals surface area contributed by atoms with Crippen molar-refractivity contribution in [2.45, 2.75) is 49.9 Å². The highest BCUT2D eigenvalue weighted by Crippen LogP contribution is 2.35. The molecule has 1 saturated carbocycles. The van der Waals surface area contributed by atoms with Crippen molar-refractivity contribution in [1.29, 1.82) is 0 Å². The molecule has 2 aliphatic rings. The molecule has 1 aliphatic carbocycles. The average molecular weight is 260 g/mol. The predicted octanol–water partition coefficient (Wildman–Crippen LogP) is 2.56. The van der Waals surface area contributed by atoms with Crippen LogP contribution in [0.4, 0.5) is 0 Å². The van der Waals surface area contributed by atoms with Crippen LogP contribution in [0.15, 0.2) is 0 Å². The molecule has 0 radical (unpaired) electrons. The van der Waals surface area contributed by atoms with E-state index in [1.54, 1.807) is 0 Å². The van der Waals surface area contributed by atoms with E-state index < -0.39 is 0 Å². The van der Waals surface area contributed by atoms with Gasteiger partial charge in [-0.3, -0.25) is 4.79 Å². The van der Waals surface area contributed by atoms with Gasteiger partial charge in [-0.05, 0) is 32.1 Å². The molecule has 1 saturated heterocycles. The fourth-order valence-corrected chi connectivity index (χ4v) is 2.84. The Kier molecular flexibility index (Phi) is 3.15. The van der Waals surface area contributed by atoms with E-state index in [1.807, 2.05) is 0 Å². The van der Waals surface area contributed by atoms with Crippen molar-refractivity contribution in [3.05, 3.63) is 0 Å². The van der Waals surface area contributed by atoms with Gasteiger partial charge in [-0.25, -0.2) is 0 Å². The standard InChI is InChI=1S/C11H18BrNO/c1-8(7-9-4-5-9)13-6-2-3-10(12)11(13)14/h8-10H,2-7H2,1H3. The fourth-order valence-electron chi connectivity index (χ4n) is 2.26. The smallest absolute Gasteiger partial charge is 0.236 e. The second-order valence-electron chi connectivity index (χ2n) is 4.67. The average Bonchev–Trinajstić information content (AvgIpc) is 2.93. The van der Waals surface area contributed by atoms with Crippen LogP contribution in [-0.4, -0.2) is 28.2 Å². The number of hydrogen-bond donors (Lipinski definition) is 0. The molecule has 80 valence electrons. The minimum Gasteiger partial charge on any atom is -0.339 e. The van der Waals surface area contributed by atoms with Gasteiger partial charge in [0.1, 0.15) is 0 Å². The van der Waals surface area contributed by atoms with E-state index in [0.717, 1.165) is 25.3 Å². The molecule has 3 heteroatoms. The summed E-state index contributed by atoms with van der Waals surface area (Å²) < 4.78 is 0. The first-order chi connectivity index (χ1) is 6.68. The molecule has 2 nitrogen and oxygen atoms in total. The van der Waals surface area contributed by atoms with Crippen LogP contribution in [-0.2, 0) is 4.79 Å². The lowest BCUT2D eigenvalue weighted by Gasteiger charge is -2.34. The Bertz CT molecular complexity index is 227. The van der Waals surface area contributed by atoms with E-state index in [0.29, 0.717) is 11.9 Å². The van der Waals surface area contributed by atoms with E-state index in [1.165, 1.54) is 19.3 Å². The monoisotopic (exact) mass is 259 g/mol. The number of likely N-dealkylation sites (tertiary alicyclic amines) is 1. The number of alkyl halides is 1. The van der Waals surface area contributed by atoms with Gasteiger partial charge in [-0.15, -0.1) is 0 Å². The van der Waals surface area contributed by atoms with Crippen molar-refractivity contribution in [2.24, 2.45) is 5.92 Å². The fraction of sp³-hybridized carbons (Fsp3) is 0.909. The van der Waals surface area contributed by atoms with E-state index >= 15 is 0 Å². The molecule has 2 unspecified atom stereocenters. The molecule has 0 N–H and O–H groups in total. The molecule has 0 aromatic heterocycles. The highest BCUT2D eigenvalue weighted by Gasteiger charge is 2.32. The van der Waals surface area contributed by atoms with Crippen molar-refractivity contribution < 1.29 is 4.79 Å². The first kappa shape index (κ1) is 10.5. The number of rotatable bonds is 3. The number of halogens is 1. The number of amides is 1. The summed E-state index contributed by atoms with van der Waals surface area (Å²) in [5.74, 6) is 1.22. The topological polar surface area (TPSA) is 20.3 Å². The SMILES string of the molecule is CC(CC1CC1)N1CCCC(Br)C1=O. The summed E-state index contributed by atoms with van der Waals surface area (Å²) in [4.78, 5) is 14.0. The largest absolute Gasteiger partial charge is 0.339 e. The first-order valence-corrected chi connectivity index (χ1v) is 6.54. The number of carbonyl (C=O) groups is 1. The molecule has 2 fully saturated rings. The third-order valence-electron chi connectivity index (χ3n) is 3.31. The summed E-state index contributed by atoms with van der Waals surface area (Å²) in [5.41, 5.74) is 0. The third-order valence-corrected chi connectivity index (χ3v) is 4.16. The Morgan fingerprint density at radius 3 is 2.86 bits per heavy atom. The summed E-state index contributed by atoms with van der Waals surface area (Å²) in [7, 11) is 0. The van der Waals surface area contributed by atoms with Crippen molar-refractivity contribution in [1.82, 2.24) is 4.90 Å². The maximum absolute atomic E-state index is 11.8. The maximum atomic E-state index is 11.8. The lowest BCUT2D eigenvalue weighted by Crippen LogP contribution is -2.46. The van der Waals surface area contributed by atoms with Gasteiger partial charge in [0, 0.05) is 12.6 Å². The van der Waals surface area contributed by atoms with Crippen molar-refractivity contribution >= 4 is 21.8 Å². The van der Waals surface area contributed by atoms with Crippen LogP contribution in [0.5, 0.6) is 0 Å². The normalized spacial score (nSPS) is 30.6. The highest BCUT2D eigenvalue weighted by atomic mass is 79.9. The Morgan fingerprint density at radius 1 is 1.50 bits per heavy atom. The number of nitrogens with zero attached hydrogens (tertiary/aromatic N) is 1. The molecular weight excluding hydrogens is 242 g/mol. The molecule has 2 atom stereocenters. The van der Waals surface area contributed by atoms with E-state index in [-0.39, 0.29) is 4.83 Å². The zero-order valence-electron chi connectivity index (χ0n) is 8.71. The molecule has 0 bridgehead atoms. The lowest BCUT2D eigenvalue weighted by atomic mass is 10.0. The molecular formula is C11H18BrNO. The second kappa shape index (κ2) is 4.21. The highest BCUT2D eigenvalue weighted by molar-refractivity contribution is 9.10. The van der Waals surface area contributed by atoms with Crippen LogP contribution in [0.1, 0.15) is 39.0 Å². The van der Waals surface area contributed by atoms with Crippen LogP contribution in [0.3, 0.4) is 0 Å². The van der Waals surface area contributed by atoms with Crippen LogP contribution in [0, 0.1) is 5.92 Å². The zero-order chi connectivity index (χ0) is 10.1. The molecule has 0 spiro atoms. The van der Waals surface area contributed by atoms with Crippen LogP contribution < -0.4 is 0 Å². The van der Waals surface area contributed by atoms with Gasteiger partial charge in [0.15, 0.2) is 0 Å². The van der Waals surface area contributed by atoms with Gasteiger partial charge in [-0.2, -0.15) is 0 Å². The molecule has 1 aliphatic heterocycles. The van der Waals surface area contributed by atoms with Gasteiger partial charge in [0.25, 0.3) is 0 Å². The summed E-state index contributed by atoms with van der Waals surface area (Å²) in [5, 5.41) is 0. The Balaban J connectivity index is 1.90. The van der Waals surface area contributed by atoms with Gasteiger partial charge in [-0.1, -0.05) is 28.8 Å². The Hall–Kier alpha value is -0.0500. The maximum Gasteiger partial charge on any atom is 0.236 e. The van der Waals surface area contributed by atoms with Crippen LogP contribution in [0.25, 0.3) is 0 Å². The lowest BCUT2D eigenvalue weighted by molar-refractivity contribution is -0.134. The minimum atomic E-state index is 0.0814. The van der Waals surface area contributed by atoms with Gasteiger partial charge >= 0.3 is 0 Å². The molecule has 1 heterocycles. The Labute approximate surface area is 94.2 Å². The van der Waals surface area contributed by atoms with Gasteiger partial charge in [0.05, 0.1) is 4.83 Å². The summed E-state index contributed by atoms with van der Waals surface area (Å²) in [6.07, 6.45) is 6.13. The third kappa shape index (κ3) is 2.30. The number of hydrogen-bond acceptors (Lipinski definition) is 1. The summed E-state index contributed by atoms with van der Waals surface area (Å²) >= 11 is 3.45. The molecule has 1 amide bonds. The van der Waals surface area contributed by atoms with Crippen molar-refractivity contribution in [3.63, 3.8) is 0 Å². The molecule has 0 aromatic carbocycles. The summed E-state index contributed by atoms with van der Waals surface area (Å²) in [6, 6.07) is 0.454. The number of carbonyl (C=O) groups excluding carboxylic acids is 1. The summed E-state index contributed by atoms with van der Waals surface area (Å²) in [6.45, 7) is 3.16. The second-order valence-corrected chi connectivity index (χ2v) is 5.77. The van der Waals surface area contributed by atoms with E-state index in [4.69, 9.17) is 0 Å². The first-order valence-electron chi connectivity index (χ1n) is 5.63. The van der Waals surface area contributed by atoms with Crippen LogP contribution in [0.2, 0.25) is 0 Å². The van der Waals surface area contributed by atoms with E-state index in [2.05, 4.69) is 27.8 Å². The zero-order valence-corrected chi connectivity index (χ0v) is 10.3. The van der Waals surface area contributed by atoms with Crippen molar-refractivity contribution in [2.75, 3.05) is 6.54 Å². The van der Waals surface area contributed by atoms with Gasteiger partial charge < -0.3 is 4.90 Å².